The Morgan fingerprint density at radius 2 is 2.00 bits per heavy atom. The highest BCUT2D eigenvalue weighted by atomic mass is 32.1. The monoisotopic (exact) mass is 204 g/mol. The van der Waals surface area contributed by atoms with Crippen LogP contribution in [0.4, 0.5) is 0 Å². The van der Waals surface area contributed by atoms with Crippen LogP contribution < -0.4 is 0 Å². The second-order valence-electron chi connectivity index (χ2n) is 3.53. The standard InChI is InChI=1S/C11H8O2S/c1-5-3-7-9(12)8-4-6(2)14-11(8)10(7)13-5/h3-4H,1-2H3. The van der Waals surface area contributed by atoms with Gasteiger partial charge >= 0.3 is 0 Å². The highest BCUT2D eigenvalue weighted by Crippen LogP contribution is 2.43. The second-order valence-corrected chi connectivity index (χ2v) is 4.79. The van der Waals surface area contributed by atoms with Crippen molar-refractivity contribution >= 4 is 17.1 Å². The molecule has 0 fully saturated rings. The summed E-state index contributed by atoms with van der Waals surface area (Å²) in [4.78, 5) is 14.0. The van der Waals surface area contributed by atoms with E-state index in [0.29, 0.717) is 0 Å². The fraction of sp³-hybridized carbons (Fsp3) is 0.182. The van der Waals surface area contributed by atoms with Crippen molar-refractivity contribution in [1.29, 1.82) is 0 Å². The summed E-state index contributed by atoms with van der Waals surface area (Å²) in [5, 5.41) is 0. The SMILES string of the molecule is Cc1cc2c(o1)-c1sc(C)cc1C2=O. The van der Waals surface area contributed by atoms with E-state index in [4.69, 9.17) is 4.42 Å². The molecule has 0 spiro atoms. The second kappa shape index (κ2) is 2.36. The summed E-state index contributed by atoms with van der Waals surface area (Å²) in [7, 11) is 0. The predicted molar refractivity (Wildman–Crippen MR) is 54.9 cm³/mol. The van der Waals surface area contributed by atoms with Crippen LogP contribution >= 0.6 is 11.3 Å². The van der Waals surface area contributed by atoms with Crippen LogP contribution in [0, 0.1) is 13.8 Å². The molecule has 2 nitrogen and oxygen atoms in total. The highest BCUT2D eigenvalue weighted by molar-refractivity contribution is 7.16. The van der Waals surface area contributed by atoms with E-state index in [0.717, 1.165) is 32.4 Å². The molecule has 14 heavy (non-hydrogen) atoms. The van der Waals surface area contributed by atoms with Crippen LogP contribution in [0.2, 0.25) is 0 Å². The third kappa shape index (κ3) is 0.826. The first-order valence-corrected chi connectivity index (χ1v) is 5.24. The zero-order chi connectivity index (χ0) is 9.87. The van der Waals surface area contributed by atoms with Gasteiger partial charge in [-0.3, -0.25) is 4.79 Å². The van der Waals surface area contributed by atoms with Crippen molar-refractivity contribution in [1.82, 2.24) is 0 Å². The summed E-state index contributed by atoms with van der Waals surface area (Å²) in [5.74, 6) is 1.68. The number of carbonyl (C=O) groups excluding carboxylic acids is 1. The van der Waals surface area contributed by atoms with Gasteiger partial charge in [-0.2, -0.15) is 0 Å². The third-order valence-corrected chi connectivity index (χ3v) is 3.46. The number of aryl methyl sites for hydroxylation is 2. The van der Waals surface area contributed by atoms with Crippen molar-refractivity contribution < 1.29 is 9.21 Å². The number of fused-ring (bicyclic) bond motifs is 3. The number of furan rings is 1. The van der Waals surface area contributed by atoms with Crippen molar-refractivity contribution in [3.05, 3.63) is 33.9 Å². The molecule has 0 amide bonds. The number of hydrogen-bond acceptors (Lipinski definition) is 3. The fourth-order valence-corrected chi connectivity index (χ4v) is 2.85. The average molecular weight is 204 g/mol. The van der Waals surface area contributed by atoms with Gasteiger partial charge in [0.15, 0.2) is 11.5 Å². The fourth-order valence-electron chi connectivity index (χ4n) is 1.85. The van der Waals surface area contributed by atoms with Crippen molar-refractivity contribution in [3.63, 3.8) is 0 Å². The normalized spacial score (nSPS) is 13.1. The summed E-state index contributed by atoms with van der Waals surface area (Å²) < 4.78 is 5.53. The number of thiophene rings is 1. The summed E-state index contributed by atoms with van der Waals surface area (Å²) in [5.41, 5.74) is 1.53. The van der Waals surface area contributed by atoms with Crippen molar-refractivity contribution in [3.8, 4) is 10.6 Å². The number of hydrogen-bond donors (Lipinski definition) is 0. The molecule has 0 saturated heterocycles. The Kier molecular flexibility index (Phi) is 1.35. The van der Waals surface area contributed by atoms with Gasteiger partial charge in [0.05, 0.1) is 10.4 Å². The maximum Gasteiger partial charge on any atom is 0.198 e. The van der Waals surface area contributed by atoms with E-state index in [1.165, 1.54) is 0 Å². The predicted octanol–water partition coefficient (Wildman–Crippen LogP) is 3.17. The first-order valence-electron chi connectivity index (χ1n) is 4.43. The number of ketones is 1. The third-order valence-electron chi connectivity index (χ3n) is 2.41. The number of carbonyl (C=O) groups is 1. The molecule has 0 saturated carbocycles. The Bertz CT molecular complexity index is 497. The molecule has 3 heteroatoms. The molecular weight excluding hydrogens is 196 g/mol. The van der Waals surface area contributed by atoms with Gasteiger partial charge in [0.1, 0.15) is 5.76 Å². The van der Waals surface area contributed by atoms with Gasteiger partial charge in [0.2, 0.25) is 0 Å². The van der Waals surface area contributed by atoms with Crippen LogP contribution in [0.15, 0.2) is 16.5 Å². The minimum atomic E-state index is 0.108. The summed E-state index contributed by atoms with van der Waals surface area (Å²) in [6.07, 6.45) is 0. The van der Waals surface area contributed by atoms with Crippen LogP contribution in [0.5, 0.6) is 0 Å². The van der Waals surface area contributed by atoms with E-state index in [9.17, 15) is 4.79 Å². The molecule has 0 aliphatic heterocycles. The Morgan fingerprint density at radius 3 is 2.79 bits per heavy atom. The van der Waals surface area contributed by atoms with Gasteiger partial charge in [-0.1, -0.05) is 0 Å². The lowest BCUT2D eigenvalue weighted by molar-refractivity contribution is 0.104. The van der Waals surface area contributed by atoms with Crippen LogP contribution in [-0.2, 0) is 0 Å². The van der Waals surface area contributed by atoms with E-state index in [2.05, 4.69) is 0 Å². The van der Waals surface area contributed by atoms with Gasteiger partial charge < -0.3 is 4.42 Å². The molecule has 2 heterocycles. The molecular formula is C11H8O2S. The van der Waals surface area contributed by atoms with Crippen LogP contribution in [0.25, 0.3) is 10.6 Å². The van der Waals surface area contributed by atoms with Crippen molar-refractivity contribution in [2.75, 3.05) is 0 Å². The molecule has 1 aliphatic rings. The molecule has 70 valence electrons. The van der Waals surface area contributed by atoms with E-state index >= 15 is 0 Å². The quantitative estimate of drug-likeness (QED) is 0.563. The summed E-state index contributed by atoms with van der Waals surface area (Å²) in [6, 6.07) is 3.76. The van der Waals surface area contributed by atoms with Crippen molar-refractivity contribution in [2.45, 2.75) is 13.8 Å². The Labute approximate surface area is 85.2 Å². The molecule has 0 N–H and O–H groups in total. The van der Waals surface area contributed by atoms with Crippen LogP contribution in [0.1, 0.15) is 26.6 Å². The first kappa shape index (κ1) is 8.00. The van der Waals surface area contributed by atoms with E-state index < -0.39 is 0 Å². The lowest BCUT2D eigenvalue weighted by Gasteiger charge is -1.86. The summed E-state index contributed by atoms with van der Waals surface area (Å²) >= 11 is 1.62. The average Bonchev–Trinajstić information content (AvgIpc) is 2.71. The van der Waals surface area contributed by atoms with E-state index in [-0.39, 0.29) is 5.78 Å². The Balaban J connectivity index is 2.37. The van der Waals surface area contributed by atoms with E-state index in [1.807, 2.05) is 26.0 Å². The topological polar surface area (TPSA) is 30.2 Å². The van der Waals surface area contributed by atoms with Gasteiger partial charge in [-0.15, -0.1) is 11.3 Å². The van der Waals surface area contributed by atoms with Crippen molar-refractivity contribution in [2.24, 2.45) is 0 Å². The largest absolute Gasteiger partial charge is 0.460 e. The molecule has 0 radical (unpaired) electrons. The Hall–Kier alpha value is -1.35. The minimum absolute atomic E-state index is 0.108. The van der Waals surface area contributed by atoms with Crippen LogP contribution in [-0.4, -0.2) is 5.78 Å². The Morgan fingerprint density at radius 1 is 1.21 bits per heavy atom. The molecule has 1 aliphatic carbocycles. The molecule has 0 unspecified atom stereocenters. The number of rotatable bonds is 0. The maximum atomic E-state index is 11.9. The smallest absolute Gasteiger partial charge is 0.198 e. The highest BCUT2D eigenvalue weighted by Gasteiger charge is 2.32. The first-order chi connectivity index (χ1) is 6.66. The molecule has 2 aromatic rings. The maximum absolute atomic E-state index is 11.9. The van der Waals surface area contributed by atoms with E-state index in [1.54, 1.807) is 11.3 Å². The molecule has 2 aromatic heterocycles. The lowest BCUT2D eigenvalue weighted by atomic mass is 10.2. The molecule has 0 atom stereocenters. The zero-order valence-corrected chi connectivity index (χ0v) is 8.70. The molecule has 0 bridgehead atoms. The van der Waals surface area contributed by atoms with Gasteiger partial charge in [0.25, 0.3) is 0 Å². The molecule has 0 aromatic carbocycles. The van der Waals surface area contributed by atoms with Gasteiger partial charge in [-0.05, 0) is 26.0 Å². The van der Waals surface area contributed by atoms with Gasteiger partial charge in [-0.25, -0.2) is 0 Å². The zero-order valence-electron chi connectivity index (χ0n) is 7.88. The lowest BCUT2D eigenvalue weighted by Crippen LogP contribution is -1.91. The summed E-state index contributed by atoms with van der Waals surface area (Å²) in [6.45, 7) is 3.87. The minimum Gasteiger partial charge on any atom is -0.460 e. The molecule has 3 rings (SSSR count). The van der Waals surface area contributed by atoms with Crippen LogP contribution in [0.3, 0.4) is 0 Å². The van der Waals surface area contributed by atoms with Gasteiger partial charge in [0, 0.05) is 10.4 Å².